The van der Waals surface area contributed by atoms with E-state index in [9.17, 15) is 8.42 Å². The summed E-state index contributed by atoms with van der Waals surface area (Å²) in [5.74, 6) is 0. The molecule has 1 aliphatic heterocycles. The molecule has 0 N–H and O–H groups in total. The van der Waals surface area contributed by atoms with Crippen molar-refractivity contribution in [1.29, 1.82) is 0 Å². The summed E-state index contributed by atoms with van der Waals surface area (Å²) in [4.78, 5) is 0. The van der Waals surface area contributed by atoms with Gasteiger partial charge in [-0.05, 0) is 37.8 Å². The molecular formula is C11H15BrClNO2S2. The Bertz CT molecular complexity index is 503. The maximum Gasteiger partial charge on any atom is 0.252 e. The van der Waals surface area contributed by atoms with Gasteiger partial charge in [-0.15, -0.1) is 11.3 Å². The van der Waals surface area contributed by atoms with Gasteiger partial charge in [-0.1, -0.05) is 27.5 Å². The van der Waals surface area contributed by atoms with Gasteiger partial charge in [0.25, 0.3) is 10.0 Å². The molecule has 2 heterocycles. The van der Waals surface area contributed by atoms with Crippen molar-refractivity contribution in [3.63, 3.8) is 0 Å². The molecule has 7 heteroatoms. The summed E-state index contributed by atoms with van der Waals surface area (Å²) in [7, 11) is -3.35. The highest BCUT2D eigenvalue weighted by Gasteiger charge is 2.35. The zero-order chi connectivity index (χ0) is 13.2. The average Bonchev–Trinajstić information content (AvgIpc) is 2.95. The molecule has 0 spiro atoms. The summed E-state index contributed by atoms with van der Waals surface area (Å²) in [5.41, 5.74) is 0. The van der Waals surface area contributed by atoms with E-state index in [1.54, 1.807) is 16.4 Å². The van der Waals surface area contributed by atoms with Crippen LogP contribution >= 0.6 is 38.9 Å². The minimum Gasteiger partial charge on any atom is -0.206 e. The fraction of sp³-hybridized carbons (Fsp3) is 0.636. The van der Waals surface area contributed by atoms with Crippen molar-refractivity contribution in [3.05, 3.63) is 16.5 Å². The van der Waals surface area contributed by atoms with E-state index in [2.05, 4.69) is 15.9 Å². The van der Waals surface area contributed by atoms with Crippen LogP contribution in [0.25, 0.3) is 0 Å². The molecule has 0 aliphatic carbocycles. The molecule has 1 unspecified atom stereocenters. The zero-order valence-electron chi connectivity index (χ0n) is 9.81. The summed E-state index contributed by atoms with van der Waals surface area (Å²) >= 11 is 10.3. The molecule has 1 saturated heterocycles. The fourth-order valence-electron chi connectivity index (χ4n) is 2.28. The Hall–Kier alpha value is 0.380. The number of hydrogen-bond acceptors (Lipinski definition) is 3. The molecule has 1 fully saturated rings. The van der Waals surface area contributed by atoms with Gasteiger partial charge in [0, 0.05) is 17.9 Å². The van der Waals surface area contributed by atoms with Gasteiger partial charge in [0.05, 0.1) is 4.34 Å². The average molecular weight is 373 g/mol. The van der Waals surface area contributed by atoms with Crippen molar-refractivity contribution in [1.82, 2.24) is 4.31 Å². The zero-order valence-corrected chi connectivity index (χ0v) is 13.8. The number of alkyl halides is 1. The minimum absolute atomic E-state index is 0.147. The highest BCUT2D eigenvalue weighted by atomic mass is 79.9. The van der Waals surface area contributed by atoms with Gasteiger partial charge < -0.3 is 0 Å². The van der Waals surface area contributed by atoms with Crippen LogP contribution in [0.15, 0.2) is 16.3 Å². The number of nitrogens with zero attached hydrogens (tertiary/aromatic N) is 1. The third-order valence-corrected chi connectivity index (χ3v) is 7.32. The highest BCUT2D eigenvalue weighted by molar-refractivity contribution is 9.09. The smallest absolute Gasteiger partial charge is 0.206 e. The van der Waals surface area contributed by atoms with Crippen LogP contribution in [-0.4, -0.2) is 30.6 Å². The lowest BCUT2D eigenvalue weighted by atomic mass is 10.1. The second-order valence-electron chi connectivity index (χ2n) is 4.30. The van der Waals surface area contributed by atoms with Gasteiger partial charge in [0.2, 0.25) is 0 Å². The van der Waals surface area contributed by atoms with Gasteiger partial charge in [-0.25, -0.2) is 8.42 Å². The van der Waals surface area contributed by atoms with Gasteiger partial charge in [-0.3, -0.25) is 0 Å². The first-order valence-corrected chi connectivity index (χ1v) is 9.64. The van der Waals surface area contributed by atoms with Crippen molar-refractivity contribution in [2.45, 2.75) is 35.9 Å². The van der Waals surface area contributed by atoms with Crippen molar-refractivity contribution in [3.8, 4) is 0 Å². The normalized spacial score (nSPS) is 21.6. The van der Waals surface area contributed by atoms with Crippen LogP contribution in [0, 0.1) is 0 Å². The SMILES string of the molecule is O=S(=O)(c1ccc(Cl)s1)N1CCCC1CCCBr. The Morgan fingerprint density at radius 3 is 2.89 bits per heavy atom. The molecule has 1 atom stereocenters. The van der Waals surface area contributed by atoms with Crippen molar-refractivity contribution < 1.29 is 8.42 Å². The second-order valence-corrected chi connectivity index (χ2v) is 8.93. The van der Waals surface area contributed by atoms with Crippen LogP contribution in [0.5, 0.6) is 0 Å². The van der Waals surface area contributed by atoms with Gasteiger partial charge >= 0.3 is 0 Å². The van der Waals surface area contributed by atoms with Crippen LogP contribution in [0.4, 0.5) is 0 Å². The molecular weight excluding hydrogens is 358 g/mol. The molecule has 0 saturated carbocycles. The fourth-order valence-corrected chi connectivity index (χ4v) is 5.94. The number of hydrogen-bond donors (Lipinski definition) is 0. The first kappa shape index (κ1) is 14.8. The van der Waals surface area contributed by atoms with Crippen LogP contribution in [0.1, 0.15) is 25.7 Å². The first-order chi connectivity index (χ1) is 8.55. The Morgan fingerprint density at radius 2 is 2.28 bits per heavy atom. The molecule has 1 aromatic rings. The second kappa shape index (κ2) is 6.22. The van der Waals surface area contributed by atoms with Crippen molar-refractivity contribution in [2.24, 2.45) is 0 Å². The number of rotatable bonds is 5. The third-order valence-electron chi connectivity index (χ3n) is 3.11. The van der Waals surface area contributed by atoms with Gasteiger partial charge in [0.1, 0.15) is 4.21 Å². The summed E-state index contributed by atoms with van der Waals surface area (Å²) in [6, 6.07) is 3.39. The van der Waals surface area contributed by atoms with E-state index in [4.69, 9.17) is 11.6 Å². The van der Waals surface area contributed by atoms with Crippen molar-refractivity contribution in [2.75, 3.05) is 11.9 Å². The van der Waals surface area contributed by atoms with Crippen LogP contribution < -0.4 is 0 Å². The van der Waals surface area contributed by atoms with Gasteiger partial charge in [0.15, 0.2) is 0 Å². The largest absolute Gasteiger partial charge is 0.252 e. The predicted molar refractivity (Wildman–Crippen MR) is 79.3 cm³/mol. The Labute approximate surface area is 125 Å². The Balaban J connectivity index is 2.18. The van der Waals surface area contributed by atoms with E-state index in [-0.39, 0.29) is 6.04 Å². The summed E-state index contributed by atoms with van der Waals surface area (Å²) in [5, 5.41) is 0.919. The van der Waals surface area contributed by atoms with Gasteiger partial charge in [-0.2, -0.15) is 4.31 Å². The summed E-state index contributed by atoms with van der Waals surface area (Å²) < 4.78 is 27.5. The van der Waals surface area contributed by atoms with E-state index in [1.165, 1.54) is 0 Å². The lowest BCUT2D eigenvalue weighted by molar-refractivity contribution is 0.370. The monoisotopic (exact) mass is 371 g/mol. The molecule has 1 aliphatic rings. The van der Waals surface area contributed by atoms with E-state index in [0.717, 1.165) is 42.4 Å². The molecule has 0 bridgehead atoms. The maximum atomic E-state index is 12.5. The molecule has 3 nitrogen and oxygen atoms in total. The minimum atomic E-state index is -3.35. The molecule has 2 rings (SSSR count). The lowest BCUT2D eigenvalue weighted by Crippen LogP contribution is -2.35. The number of halogens is 2. The Morgan fingerprint density at radius 1 is 1.50 bits per heavy atom. The highest BCUT2D eigenvalue weighted by Crippen LogP contribution is 2.33. The van der Waals surface area contributed by atoms with E-state index in [1.807, 2.05) is 0 Å². The maximum absolute atomic E-state index is 12.5. The van der Waals surface area contributed by atoms with Crippen LogP contribution in [0.3, 0.4) is 0 Å². The molecule has 0 amide bonds. The van der Waals surface area contributed by atoms with Crippen LogP contribution in [0.2, 0.25) is 4.34 Å². The molecule has 0 radical (unpaired) electrons. The van der Waals surface area contributed by atoms with Crippen molar-refractivity contribution >= 4 is 48.9 Å². The topological polar surface area (TPSA) is 37.4 Å². The molecule has 18 heavy (non-hydrogen) atoms. The predicted octanol–water partition coefficient (Wildman–Crippen LogP) is 3.73. The standard InChI is InChI=1S/C11H15BrClNO2S2/c12-7-1-3-9-4-2-8-14(9)18(15,16)11-6-5-10(13)17-11/h5-6,9H,1-4,7-8H2. The quantitative estimate of drug-likeness (QED) is 0.739. The lowest BCUT2D eigenvalue weighted by Gasteiger charge is -2.23. The summed E-state index contributed by atoms with van der Waals surface area (Å²) in [6.45, 7) is 0.630. The number of sulfonamides is 1. The van der Waals surface area contributed by atoms with Crippen LogP contribution in [-0.2, 0) is 10.0 Å². The molecule has 1 aromatic heterocycles. The number of thiophene rings is 1. The Kier molecular flexibility index (Phi) is 5.11. The molecule has 0 aromatic carbocycles. The van der Waals surface area contributed by atoms with E-state index >= 15 is 0 Å². The third kappa shape index (κ3) is 3.10. The summed E-state index contributed by atoms with van der Waals surface area (Å²) in [6.07, 6.45) is 3.84. The van der Waals surface area contributed by atoms with E-state index in [0.29, 0.717) is 15.1 Å². The molecule has 102 valence electrons. The van der Waals surface area contributed by atoms with E-state index < -0.39 is 10.0 Å². The first-order valence-electron chi connectivity index (χ1n) is 5.89.